The van der Waals surface area contributed by atoms with Crippen molar-refractivity contribution in [2.75, 3.05) is 17.2 Å². The molecule has 18 heteroatoms. The molecule has 2 fully saturated rings. The number of hydrogen-bond donors (Lipinski definition) is 7. The van der Waals surface area contributed by atoms with Crippen molar-refractivity contribution in [3.8, 4) is 22.8 Å². The van der Waals surface area contributed by atoms with Crippen molar-refractivity contribution in [2.45, 2.75) is 102 Å². The highest BCUT2D eigenvalue weighted by molar-refractivity contribution is 6.31. The predicted octanol–water partition coefficient (Wildman–Crippen LogP) is 7.65. The molecule has 2 saturated carbocycles. The number of hydrogen-bond acceptors (Lipinski definition) is 10. The number of carbonyl (C=O) groups is 2. The zero-order chi connectivity index (χ0) is 41.3. The number of nitrogens with zero attached hydrogens (tertiary/aromatic N) is 6. The lowest BCUT2D eigenvalue weighted by atomic mass is 9.90. The summed E-state index contributed by atoms with van der Waals surface area (Å²) in [5, 5.41) is 17.4. The van der Waals surface area contributed by atoms with Crippen LogP contribution in [0, 0.1) is 11.6 Å². The Morgan fingerprint density at radius 2 is 1.31 bits per heavy atom. The molecule has 59 heavy (non-hydrogen) atoms. The third-order valence-electron chi connectivity index (χ3n) is 10.6. The molecule has 0 spiro atoms. The Bertz CT molecular complexity index is 2390. The summed E-state index contributed by atoms with van der Waals surface area (Å²) >= 11 is 6.08. The number of carbonyl (C=O) groups excluding carboxylic acids is 2. The third-order valence-corrected chi connectivity index (χ3v) is 10.8. The minimum atomic E-state index is -0.529. The first-order chi connectivity index (χ1) is 28.7. The fourth-order valence-electron chi connectivity index (χ4n) is 7.69. The molecule has 2 unspecified atom stereocenters. The number of aromatic nitrogens is 8. The summed E-state index contributed by atoms with van der Waals surface area (Å²) in [5.74, 6) is 0.0406. The minimum Gasteiger partial charge on any atom is -0.363 e. The fourth-order valence-corrected chi connectivity index (χ4v) is 7.85. The Kier molecular flexibility index (Phi) is 13.4. The van der Waals surface area contributed by atoms with E-state index >= 15 is 0 Å². The van der Waals surface area contributed by atoms with Crippen molar-refractivity contribution >= 4 is 57.2 Å². The zero-order valence-electron chi connectivity index (χ0n) is 32.9. The topological polar surface area (TPSA) is 203 Å². The Hall–Kier alpha value is -5.97. The molecule has 0 aliphatic heterocycles. The van der Waals surface area contributed by atoms with E-state index in [4.69, 9.17) is 11.6 Å². The van der Waals surface area contributed by atoms with E-state index in [1.807, 2.05) is 26.0 Å². The van der Waals surface area contributed by atoms with E-state index in [1.165, 1.54) is 6.20 Å². The number of halogens is 3. The summed E-state index contributed by atoms with van der Waals surface area (Å²) < 4.78 is 29.0. The van der Waals surface area contributed by atoms with Crippen LogP contribution in [0.25, 0.3) is 44.8 Å². The first kappa shape index (κ1) is 41.2. The number of nitrogens with one attached hydrogen (secondary N) is 7. The summed E-state index contributed by atoms with van der Waals surface area (Å²) in [6, 6.07) is 4.99. The van der Waals surface area contributed by atoms with Crippen LogP contribution in [0.5, 0.6) is 0 Å². The van der Waals surface area contributed by atoms with Crippen molar-refractivity contribution in [3.63, 3.8) is 0 Å². The predicted molar refractivity (Wildman–Crippen MR) is 224 cm³/mol. The maximum absolute atomic E-state index is 14.5. The van der Waals surface area contributed by atoms with E-state index in [-0.39, 0.29) is 47.7 Å². The number of rotatable bonds is 11. The minimum absolute atomic E-state index is 0.0308. The second kappa shape index (κ2) is 19.2. The van der Waals surface area contributed by atoms with Crippen LogP contribution in [-0.2, 0) is 4.79 Å². The van der Waals surface area contributed by atoms with Gasteiger partial charge in [0, 0.05) is 77.8 Å². The molecule has 0 saturated heterocycles. The third kappa shape index (κ3) is 10.0. The molecular formula is C41H48ClF2N13O2. The van der Waals surface area contributed by atoms with Crippen molar-refractivity contribution < 1.29 is 18.4 Å². The van der Waals surface area contributed by atoms with Gasteiger partial charge < -0.3 is 36.6 Å². The molecule has 2 aliphatic rings. The Balaban J connectivity index is 0.000000179. The van der Waals surface area contributed by atoms with Crippen LogP contribution in [0.4, 0.5) is 25.2 Å². The highest BCUT2D eigenvalue weighted by Gasteiger charge is 2.29. The normalized spacial score (nSPS) is 19.1. The van der Waals surface area contributed by atoms with Crippen LogP contribution in [0.3, 0.4) is 0 Å². The fraction of sp³-hybridized carbons (Fsp3) is 0.415. The van der Waals surface area contributed by atoms with Gasteiger partial charge in [-0.2, -0.15) is 0 Å². The lowest BCUT2D eigenvalue weighted by molar-refractivity contribution is -0.122. The Labute approximate surface area is 344 Å². The number of aromatic amines is 2. The van der Waals surface area contributed by atoms with Crippen molar-refractivity contribution in [1.82, 2.24) is 55.8 Å². The summed E-state index contributed by atoms with van der Waals surface area (Å²) in [6.45, 7) is 4.40. The highest BCUT2D eigenvalue weighted by Crippen LogP contribution is 2.31. The van der Waals surface area contributed by atoms with Crippen LogP contribution in [0.1, 0.15) is 78.1 Å². The van der Waals surface area contributed by atoms with Crippen LogP contribution in [0.2, 0.25) is 5.02 Å². The van der Waals surface area contributed by atoms with Gasteiger partial charge in [0.2, 0.25) is 5.91 Å². The van der Waals surface area contributed by atoms with Gasteiger partial charge >= 0.3 is 6.03 Å². The summed E-state index contributed by atoms with van der Waals surface area (Å²) in [5.41, 5.74) is 2.84. The monoisotopic (exact) mass is 827 g/mol. The van der Waals surface area contributed by atoms with Gasteiger partial charge in [0.25, 0.3) is 0 Å². The summed E-state index contributed by atoms with van der Waals surface area (Å²) in [7, 11) is 0. The number of H-pyrrole nitrogens is 2. The smallest absolute Gasteiger partial charge is 0.315 e. The number of pyridine rings is 2. The van der Waals surface area contributed by atoms with Gasteiger partial charge in [-0.3, -0.25) is 4.79 Å². The van der Waals surface area contributed by atoms with E-state index in [1.54, 1.807) is 30.9 Å². The number of fused-ring (bicyclic) bond motifs is 2. The summed E-state index contributed by atoms with van der Waals surface area (Å²) in [6.07, 6.45) is 17.8. The molecular weight excluding hydrogens is 780 g/mol. The molecule has 0 radical (unpaired) electrons. The molecule has 6 aromatic heterocycles. The van der Waals surface area contributed by atoms with Crippen LogP contribution < -0.4 is 26.6 Å². The average Bonchev–Trinajstić information content (AvgIpc) is 3.86. The van der Waals surface area contributed by atoms with E-state index in [9.17, 15) is 18.4 Å². The molecule has 0 aromatic carbocycles. The van der Waals surface area contributed by atoms with Crippen LogP contribution >= 0.6 is 11.6 Å². The number of amides is 3. The average molecular weight is 828 g/mol. The molecule has 4 atom stereocenters. The van der Waals surface area contributed by atoms with Gasteiger partial charge in [-0.15, -0.1) is 0 Å². The second-order valence-electron chi connectivity index (χ2n) is 14.7. The van der Waals surface area contributed by atoms with E-state index in [0.29, 0.717) is 40.8 Å². The second-order valence-corrected chi connectivity index (χ2v) is 15.2. The Morgan fingerprint density at radius 3 is 1.90 bits per heavy atom. The SMILES string of the molecule is CCCC(=O)N[C@@H]1CCCCC1Nc1nc(-c2c[nH]c3ncc(Cl)cc23)ncc1F.CCNC(=O)N[C@@H]1CCCCC1Nc1nc(-c2c[nH]c3ncccc23)ncc1F. The number of anilines is 2. The molecule has 7 N–H and O–H groups in total. The lowest BCUT2D eigenvalue weighted by Gasteiger charge is -2.33. The Morgan fingerprint density at radius 1 is 0.746 bits per heavy atom. The summed E-state index contributed by atoms with van der Waals surface area (Å²) in [4.78, 5) is 55.9. The molecule has 310 valence electrons. The van der Waals surface area contributed by atoms with Crippen LogP contribution in [-0.4, -0.2) is 82.5 Å². The first-order valence-electron chi connectivity index (χ1n) is 20.2. The molecule has 15 nitrogen and oxygen atoms in total. The highest BCUT2D eigenvalue weighted by atomic mass is 35.5. The van der Waals surface area contributed by atoms with Crippen molar-refractivity contribution in [3.05, 3.63) is 72.0 Å². The molecule has 6 aromatic rings. The van der Waals surface area contributed by atoms with Crippen LogP contribution in [0.15, 0.2) is 55.4 Å². The van der Waals surface area contributed by atoms with Crippen molar-refractivity contribution in [1.29, 1.82) is 0 Å². The van der Waals surface area contributed by atoms with Gasteiger partial charge in [-0.05, 0) is 57.2 Å². The quantitative estimate of drug-likeness (QED) is 0.0680. The van der Waals surface area contributed by atoms with Gasteiger partial charge in [0.1, 0.15) is 11.3 Å². The lowest BCUT2D eigenvalue weighted by Crippen LogP contribution is -2.51. The standard InChI is InChI=1S/C21H24ClFN6O.C20H24FN7O/c1-2-5-18(30)27-16-6-3-4-7-17(16)28-21-15(23)11-26-20(29-21)14-10-25-19-13(14)8-12(22)9-24-19;1-2-22-20(29)27-16-8-4-3-7-15(16)26-19-14(21)11-25-18(28-19)13-10-24-17-12(13)6-5-9-23-17/h8-11,16-17H,2-7H2,1H3,(H,24,25)(H,27,30)(H,26,28,29);5-6,9-11,15-16H,2-4,7-8H2,1H3,(H,23,24)(H2,22,27,29)(H,25,26,28)/t16-,17?;15?,16-/m11/s1. The molecule has 2 aliphatic carbocycles. The zero-order valence-corrected chi connectivity index (χ0v) is 33.7. The van der Waals surface area contributed by atoms with Gasteiger partial charge in [-0.1, -0.05) is 44.2 Å². The van der Waals surface area contributed by atoms with Gasteiger partial charge in [0.05, 0.1) is 23.5 Å². The largest absolute Gasteiger partial charge is 0.363 e. The number of urea groups is 1. The maximum Gasteiger partial charge on any atom is 0.315 e. The van der Waals surface area contributed by atoms with E-state index in [2.05, 4.69) is 66.5 Å². The van der Waals surface area contributed by atoms with E-state index in [0.717, 1.165) is 86.0 Å². The van der Waals surface area contributed by atoms with Crippen molar-refractivity contribution in [2.24, 2.45) is 0 Å². The molecule has 3 amide bonds. The molecule has 8 rings (SSSR count). The first-order valence-corrected chi connectivity index (χ1v) is 20.6. The van der Waals surface area contributed by atoms with Gasteiger partial charge in [-0.25, -0.2) is 43.5 Å². The molecule has 0 bridgehead atoms. The maximum atomic E-state index is 14.5. The van der Waals surface area contributed by atoms with Gasteiger partial charge in [0.15, 0.2) is 34.9 Å². The van der Waals surface area contributed by atoms with E-state index < -0.39 is 11.6 Å². The molecule has 6 heterocycles.